The molecule has 3 atom stereocenters. The number of rotatable bonds is 10. The molecule has 25 heavy (non-hydrogen) atoms. The molecule has 1 aromatic rings. The van der Waals surface area contributed by atoms with Gasteiger partial charge in [-0.05, 0) is 17.9 Å². The molecule has 0 radical (unpaired) electrons. The Hall–Kier alpha value is -2.37. The molecule has 1 rings (SSSR count). The predicted octanol–water partition coefficient (Wildman–Crippen LogP) is 2.13. The topological polar surface area (TPSA) is 95.5 Å². The van der Waals surface area contributed by atoms with Crippen LogP contribution in [0.15, 0.2) is 30.3 Å². The largest absolute Gasteiger partial charge is 0.480 e. The summed E-state index contributed by atoms with van der Waals surface area (Å²) in [5.74, 6) is -1.96. The van der Waals surface area contributed by atoms with Crippen LogP contribution in [0.1, 0.15) is 45.6 Å². The summed E-state index contributed by atoms with van der Waals surface area (Å²) in [6.45, 7) is 5.54. The van der Waals surface area contributed by atoms with Gasteiger partial charge in [0.2, 0.25) is 11.8 Å². The van der Waals surface area contributed by atoms with Crippen LogP contribution in [0, 0.1) is 5.92 Å². The molecule has 0 aliphatic heterocycles. The van der Waals surface area contributed by atoms with Gasteiger partial charge in [0.15, 0.2) is 0 Å². The number of hydrogen-bond acceptors (Lipinski definition) is 3. The molecule has 0 saturated heterocycles. The lowest BCUT2D eigenvalue weighted by Gasteiger charge is -2.24. The molecule has 0 spiro atoms. The SMILES string of the molecule is CCCC(=O)NC(Cc1ccccc1)C(=O)NC(C(=O)O)C(C)CC. The predicted molar refractivity (Wildman–Crippen MR) is 96.0 cm³/mol. The van der Waals surface area contributed by atoms with Gasteiger partial charge in [0.1, 0.15) is 12.1 Å². The Morgan fingerprint density at radius 3 is 2.24 bits per heavy atom. The molecular weight excluding hydrogens is 320 g/mol. The smallest absolute Gasteiger partial charge is 0.326 e. The third-order valence-electron chi connectivity index (χ3n) is 4.19. The van der Waals surface area contributed by atoms with Crippen LogP contribution in [-0.4, -0.2) is 35.0 Å². The van der Waals surface area contributed by atoms with Crippen molar-refractivity contribution in [1.82, 2.24) is 10.6 Å². The average molecular weight is 348 g/mol. The second-order valence-electron chi connectivity index (χ2n) is 6.27. The van der Waals surface area contributed by atoms with E-state index in [0.717, 1.165) is 5.56 Å². The summed E-state index contributed by atoms with van der Waals surface area (Å²) in [6, 6.07) is 7.56. The van der Waals surface area contributed by atoms with E-state index >= 15 is 0 Å². The van der Waals surface area contributed by atoms with Crippen LogP contribution in [-0.2, 0) is 20.8 Å². The fourth-order valence-corrected chi connectivity index (χ4v) is 2.49. The zero-order valence-electron chi connectivity index (χ0n) is 15.1. The van der Waals surface area contributed by atoms with Crippen molar-refractivity contribution in [1.29, 1.82) is 0 Å². The summed E-state index contributed by atoms with van der Waals surface area (Å²) < 4.78 is 0. The quantitative estimate of drug-likeness (QED) is 0.603. The number of hydrogen-bond donors (Lipinski definition) is 3. The van der Waals surface area contributed by atoms with Gasteiger partial charge >= 0.3 is 5.97 Å². The van der Waals surface area contributed by atoms with Crippen LogP contribution in [0.25, 0.3) is 0 Å². The Bertz CT molecular complexity index is 574. The van der Waals surface area contributed by atoms with Gasteiger partial charge in [-0.15, -0.1) is 0 Å². The van der Waals surface area contributed by atoms with E-state index in [0.29, 0.717) is 25.7 Å². The highest BCUT2D eigenvalue weighted by Gasteiger charge is 2.29. The van der Waals surface area contributed by atoms with E-state index in [1.807, 2.05) is 44.2 Å². The highest BCUT2D eigenvalue weighted by molar-refractivity contribution is 5.90. The lowest BCUT2D eigenvalue weighted by Crippen LogP contribution is -2.54. The maximum atomic E-state index is 12.6. The Kier molecular flexibility index (Phi) is 8.67. The molecule has 138 valence electrons. The third kappa shape index (κ3) is 6.95. The van der Waals surface area contributed by atoms with Crippen LogP contribution in [0.2, 0.25) is 0 Å². The first kappa shape index (κ1) is 20.7. The van der Waals surface area contributed by atoms with Crippen LogP contribution in [0.3, 0.4) is 0 Å². The highest BCUT2D eigenvalue weighted by Crippen LogP contribution is 2.10. The van der Waals surface area contributed by atoms with Gasteiger partial charge in [0.05, 0.1) is 0 Å². The van der Waals surface area contributed by atoms with Gasteiger partial charge in [-0.2, -0.15) is 0 Å². The normalized spacial score (nSPS) is 14.2. The summed E-state index contributed by atoms with van der Waals surface area (Å²) >= 11 is 0. The number of carboxylic acids is 1. The van der Waals surface area contributed by atoms with Crippen molar-refractivity contribution in [2.45, 2.75) is 58.5 Å². The lowest BCUT2D eigenvalue weighted by molar-refractivity contribution is -0.143. The lowest BCUT2D eigenvalue weighted by atomic mass is 9.98. The minimum atomic E-state index is -1.07. The van der Waals surface area contributed by atoms with Gasteiger partial charge in [-0.3, -0.25) is 9.59 Å². The molecule has 0 aliphatic carbocycles. The van der Waals surface area contributed by atoms with E-state index in [9.17, 15) is 19.5 Å². The first-order valence-electron chi connectivity index (χ1n) is 8.75. The molecular formula is C19H28N2O4. The van der Waals surface area contributed by atoms with E-state index in [4.69, 9.17) is 0 Å². The van der Waals surface area contributed by atoms with E-state index < -0.39 is 24.0 Å². The molecule has 1 aromatic carbocycles. The van der Waals surface area contributed by atoms with Gasteiger partial charge < -0.3 is 15.7 Å². The number of carbonyl (C=O) groups excluding carboxylic acids is 2. The minimum absolute atomic E-state index is 0.204. The zero-order valence-corrected chi connectivity index (χ0v) is 15.1. The molecule has 6 heteroatoms. The highest BCUT2D eigenvalue weighted by atomic mass is 16.4. The van der Waals surface area contributed by atoms with Crippen molar-refractivity contribution in [2.75, 3.05) is 0 Å². The van der Waals surface area contributed by atoms with Crippen LogP contribution < -0.4 is 10.6 Å². The number of carbonyl (C=O) groups is 3. The van der Waals surface area contributed by atoms with Crippen molar-refractivity contribution in [3.63, 3.8) is 0 Å². The van der Waals surface area contributed by atoms with E-state index in [2.05, 4.69) is 10.6 Å². The van der Waals surface area contributed by atoms with Crippen LogP contribution >= 0.6 is 0 Å². The molecule has 0 fully saturated rings. The Labute approximate surface area is 149 Å². The summed E-state index contributed by atoms with van der Waals surface area (Å²) in [6.07, 6.45) is 1.94. The summed E-state index contributed by atoms with van der Waals surface area (Å²) in [7, 11) is 0. The molecule has 6 nitrogen and oxygen atoms in total. The Morgan fingerprint density at radius 2 is 1.72 bits per heavy atom. The third-order valence-corrected chi connectivity index (χ3v) is 4.19. The van der Waals surface area contributed by atoms with Crippen molar-refractivity contribution in [3.8, 4) is 0 Å². The fourth-order valence-electron chi connectivity index (χ4n) is 2.49. The molecule has 0 heterocycles. The molecule has 3 unspecified atom stereocenters. The summed E-state index contributed by atoms with van der Waals surface area (Å²) in [4.78, 5) is 36.0. The molecule has 0 aliphatic rings. The summed E-state index contributed by atoms with van der Waals surface area (Å²) in [5.41, 5.74) is 0.898. The standard InChI is InChI=1S/C19H28N2O4/c1-4-9-16(22)20-15(12-14-10-7-6-8-11-14)18(23)21-17(19(24)25)13(3)5-2/h6-8,10-11,13,15,17H,4-5,9,12H2,1-3H3,(H,20,22)(H,21,23)(H,24,25). The second-order valence-corrected chi connectivity index (χ2v) is 6.27. The Morgan fingerprint density at radius 1 is 1.08 bits per heavy atom. The van der Waals surface area contributed by atoms with Crippen LogP contribution in [0.5, 0.6) is 0 Å². The number of carboxylic acid groups (broad SMARTS) is 1. The van der Waals surface area contributed by atoms with Gasteiger partial charge in [-0.1, -0.05) is 57.5 Å². The number of aliphatic carboxylic acids is 1. The molecule has 0 aromatic heterocycles. The average Bonchev–Trinajstić information content (AvgIpc) is 2.59. The maximum absolute atomic E-state index is 12.6. The zero-order chi connectivity index (χ0) is 18.8. The fraction of sp³-hybridized carbons (Fsp3) is 0.526. The molecule has 0 saturated carbocycles. The minimum Gasteiger partial charge on any atom is -0.480 e. The van der Waals surface area contributed by atoms with Crippen molar-refractivity contribution >= 4 is 17.8 Å². The van der Waals surface area contributed by atoms with Gasteiger partial charge in [-0.25, -0.2) is 4.79 Å². The van der Waals surface area contributed by atoms with E-state index in [1.165, 1.54) is 0 Å². The van der Waals surface area contributed by atoms with Crippen LogP contribution in [0.4, 0.5) is 0 Å². The second kappa shape index (κ2) is 10.5. The molecule has 2 amide bonds. The monoisotopic (exact) mass is 348 g/mol. The summed E-state index contributed by atoms with van der Waals surface area (Å²) in [5, 5.41) is 14.7. The van der Waals surface area contributed by atoms with Crippen molar-refractivity contribution in [2.24, 2.45) is 5.92 Å². The molecule has 3 N–H and O–H groups in total. The van der Waals surface area contributed by atoms with E-state index in [1.54, 1.807) is 6.92 Å². The Balaban J connectivity index is 2.90. The number of nitrogens with one attached hydrogen (secondary N) is 2. The number of amides is 2. The van der Waals surface area contributed by atoms with Gasteiger partial charge in [0, 0.05) is 12.8 Å². The number of benzene rings is 1. The maximum Gasteiger partial charge on any atom is 0.326 e. The first-order chi connectivity index (χ1) is 11.9. The molecule has 0 bridgehead atoms. The van der Waals surface area contributed by atoms with Crippen molar-refractivity contribution < 1.29 is 19.5 Å². The van der Waals surface area contributed by atoms with Crippen molar-refractivity contribution in [3.05, 3.63) is 35.9 Å². The van der Waals surface area contributed by atoms with Gasteiger partial charge in [0.25, 0.3) is 0 Å². The first-order valence-corrected chi connectivity index (χ1v) is 8.75. The van der Waals surface area contributed by atoms with E-state index in [-0.39, 0.29) is 11.8 Å².